The van der Waals surface area contributed by atoms with Gasteiger partial charge in [-0.3, -0.25) is 9.59 Å². The van der Waals surface area contributed by atoms with Gasteiger partial charge in [0.15, 0.2) is 0 Å². The van der Waals surface area contributed by atoms with Gasteiger partial charge < -0.3 is 15.8 Å². The predicted octanol–water partition coefficient (Wildman–Crippen LogP) is 0.712. The lowest BCUT2D eigenvalue weighted by atomic mass is 10.1. The van der Waals surface area contributed by atoms with Crippen molar-refractivity contribution in [2.24, 2.45) is 11.6 Å². The van der Waals surface area contributed by atoms with Crippen LogP contribution in [0.1, 0.15) is 11.1 Å². The van der Waals surface area contributed by atoms with Gasteiger partial charge in [0.05, 0.1) is 6.04 Å². The molecule has 5 N–H and O–H groups in total. The van der Waals surface area contributed by atoms with Gasteiger partial charge in [-0.15, -0.1) is 0 Å². The van der Waals surface area contributed by atoms with Crippen LogP contribution >= 0.6 is 0 Å². The lowest BCUT2D eigenvalue weighted by Gasteiger charge is -2.19. The Hall–Kier alpha value is -3.23. The molecule has 3 amide bonds. The molecule has 0 fully saturated rings. The van der Waals surface area contributed by atoms with Crippen molar-refractivity contribution >= 4 is 17.9 Å². The van der Waals surface area contributed by atoms with Crippen LogP contribution in [0.25, 0.3) is 0 Å². The van der Waals surface area contributed by atoms with Gasteiger partial charge in [-0.25, -0.2) is 15.6 Å². The fourth-order valence-corrected chi connectivity index (χ4v) is 2.26. The number of nitrogens with zero attached hydrogens (tertiary/aromatic N) is 1. The van der Waals surface area contributed by atoms with Gasteiger partial charge in [-0.1, -0.05) is 60.7 Å². The normalized spacial score (nSPS) is 11.3. The van der Waals surface area contributed by atoms with Crippen LogP contribution < -0.4 is 16.9 Å². The molecule has 142 valence electrons. The molecule has 0 bridgehead atoms. The number of nitrogens with one attached hydrogen (secondary N) is 1. The van der Waals surface area contributed by atoms with E-state index in [2.05, 4.69) is 5.32 Å². The number of rotatable bonds is 7. The zero-order chi connectivity index (χ0) is 19.6. The molecule has 2 aromatic carbocycles. The zero-order valence-corrected chi connectivity index (χ0v) is 14.7. The number of amides is 3. The molecule has 0 spiro atoms. The minimum Gasteiger partial charge on any atom is -0.445 e. The van der Waals surface area contributed by atoms with Crippen LogP contribution in [0.2, 0.25) is 0 Å². The highest BCUT2D eigenvalue weighted by Crippen LogP contribution is 2.03. The van der Waals surface area contributed by atoms with Crippen LogP contribution in [0.4, 0.5) is 4.79 Å². The molecule has 0 unspecified atom stereocenters. The Morgan fingerprint density at radius 1 is 0.963 bits per heavy atom. The summed E-state index contributed by atoms with van der Waals surface area (Å²) in [7, 11) is 0. The molecule has 0 radical (unpaired) electrons. The lowest BCUT2D eigenvalue weighted by molar-refractivity contribution is -0.145. The minimum atomic E-state index is -0.966. The van der Waals surface area contributed by atoms with Crippen molar-refractivity contribution in [1.29, 1.82) is 0 Å². The van der Waals surface area contributed by atoms with E-state index in [4.69, 9.17) is 16.3 Å². The topological polar surface area (TPSA) is 128 Å². The number of carbonyl (C=O) groups is 3. The van der Waals surface area contributed by atoms with Crippen molar-refractivity contribution in [3.63, 3.8) is 0 Å². The Kier molecular flexibility index (Phi) is 7.48. The van der Waals surface area contributed by atoms with Gasteiger partial charge in [0.25, 0.3) is 11.8 Å². The molecule has 0 aromatic heterocycles. The highest BCUT2D eigenvalue weighted by Gasteiger charge is 2.24. The van der Waals surface area contributed by atoms with E-state index in [1.165, 1.54) is 0 Å². The van der Waals surface area contributed by atoms with E-state index in [-0.39, 0.29) is 13.0 Å². The molecule has 27 heavy (non-hydrogen) atoms. The van der Waals surface area contributed by atoms with E-state index in [1.807, 2.05) is 48.5 Å². The first-order valence-corrected chi connectivity index (χ1v) is 8.33. The molecule has 0 aliphatic heterocycles. The molecule has 2 rings (SSSR count). The maximum atomic E-state index is 12.2. The van der Waals surface area contributed by atoms with Crippen molar-refractivity contribution in [2.75, 3.05) is 6.54 Å². The third kappa shape index (κ3) is 6.53. The Morgan fingerprint density at radius 2 is 1.52 bits per heavy atom. The molecule has 0 saturated heterocycles. The Bertz CT molecular complexity index is 768. The van der Waals surface area contributed by atoms with Crippen LogP contribution in [-0.4, -0.2) is 35.5 Å². The van der Waals surface area contributed by atoms with Crippen molar-refractivity contribution in [1.82, 2.24) is 10.3 Å². The molecule has 2 aromatic rings. The SMILES string of the molecule is N[C@H](Cc1ccccc1)C(=O)N(N)C(=O)CNC(=O)OCc1ccccc1. The summed E-state index contributed by atoms with van der Waals surface area (Å²) in [5.74, 6) is 4.00. The van der Waals surface area contributed by atoms with Crippen LogP contribution in [0, 0.1) is 0 Å². The van der Waals surface area contributed by atoms with E-state index in [0.29, 0.717) is 5.01 Å². The minimum absolute atomic E-state index is 0.0636. The first-order valence-electron chi connectivity index (χ1n) is 8.33. The number of alkyl carbamates (subject to hydrolysis) is 1. The van der Waals surface area contributed by atoms with Gasteiger partial charge in [-0.05, 0) is 17.5 Å². The summed E-state index contributed by atoms with van der Waals surface area (Å²) >= 11 is 0. The number of hydrogen-bond donors (Lipinski definition) is 3. The Labute approximate surface area is 157 Å². The number of ether oxygens (including phenoxy) is 1. The van der Waals surface area contributed by atoms with Crippen molar-refractivity contribution in [2.45, 2.75) is 19.1 Å². The number of hydrogen-bond acceptors (Lipinski definition) is 6. The van der Waals surface area contributed by atoms with Crippen LogP contribution in [0.3, 0.4) is 0 Å². The summed E-state index contributed by atoms with van der Waals surface area (Å²) in [6, 6.07) is 17.2. The number of nitrogens with two attached hydrogens (primary N) is 2. The van der Waals surface area contributed by atoms with Gasteiger partial charge >= 0.3 is 6.09 Å². The molecule has 8 heteroatoms. The van der Waals surface area contributed by atoms with Crippen LogP contribution in [0.5, 0.6) is 0 Å². The third-order valence-electron chi connectivity index (χ3n) is 3.72. The van der Waals surface area contributed by atoms with Gasteiger partial charge in [-0.2, -0.15) is 0 Å². The van der Waals surface area contributed by atoms with Crippen LogP contribution in [0.15, 0.2) is 60.7 Å². The summed E-state index contributed by atoms with van der Waals surface area (Å²) in [6.07, 6.45) is -0.547. The summed E-state index contributed by atoms with van der Waals surface area (Å²) in [5, 5.41) is 2.67. The first-order chi connectivity index (χ1) is 13.0. The molecule has 1 atom stereocenters. The quantitative estimate of drug-likeness (QED) is 0.374. The van der Waals surface area contributed by atoms with Crippen molar-refractivity contribution in [3.8, 4) is 0 Å². The molecule has 0 heterocycles. The second-order valence-electron chi connectivity index (χ2n) is 5.81. The summed E-state index contributed by atoms with van der Waals surface area (Å²) in [4.78, 5) is 35.8. The van der Waals surface area contributed by atoms with E-state index in [9.17, 15) is 14.4 Å². The number of hydrazine groups is 1. The van der Waals surface area contributed by atoms with Crippen molar-refractivity contribution < 1.29 is 19.1 Å². The van der Waals surface area contributed by atoms with E-state index >= 15 is 0 Å². The smallest absolute Gasteiger partial charge is 0.407 e. The fraction of sp³-hybridized carbons (Fsp3) is 0.211. The van der Waals surface area contributed by atoms with Gasteiger partial charge in [0, 0.05) is 0 Å². The highest BCUT2D eigenvalue weighted by molar-refractivity contribution is 5.98. The Balaban J connectivity index is 1.75. The molecular weight excluding hydrogens is 348 g/mol. The average molecular weight is 370 g/mol. The number of carbonyl (C=O) groups excluding carboxylic acids is 3. The molecule has 0 saturated carbocycles. The maximum Gasteiger partial charge on any atom is 0.407 e. The predicted molar refractivity (Wildman–Crippen MR) is 98.8 cm³/mol. The lowest BCUT2D eigenvalue weighted by Crippen LogP contribution is -2.54. The highest BCUT2D eigenvalue weighted by atomic mass is 16.5. The fourth-order valence-electron chi connectivity index (χ4n) is 2.26. The monoisotopic (exact) mass is 370 g/mol. The van der Waals surface area contributed by atoms with E-state index in [0.717, 1.165) is 11.1 Å². The van der Waals surface area contributed by atoms with Crippen LogP contribution in [-0.2, 0) is 27.4 Å². The summed E-state index contributed by atoms with van der Waals surface area (Å²) in [5.41, 5.74) is 7.48. The number of imide groups is 1. The third-order valence-corrected chi connectivity index (χ3v) is 3.72. The average Bonchev–Trinajstić information content (AvgIpc) is 2.70. The standard InChI is InChI=1S/C19H22N4O4/c20-16(11-14-7-3-1-4-8-14)18(25)23(21)17(24)12-22-19(26)27-13-15-9-5-2-6-10-15/h1-10,16H,11-13,20-21H2,(H,22,26)/t16-/m1/s1. The van der Waals surface area contributed by atoms with Gasteiger partial charge in [0.2, 0.25) is 0 Å². The molecule has 0 aliphatic rings. The van der Waals surface area contributed by atoms with Crippen molar-refractivity contribution in [3.05, 3.63) is 71.8 Å². The second-order valence-corrected chi connectivity index (χ2v) is 5.81. The summed E-state index contributed by atoms with van der Waals surface area (Å²) < 4.78 is 4.97. The first kappa shape index (κ1) is 20.1. The second kappa shape index (κ2) is 10.0. The van der Waals surface area contributed by atoms with E-state index < -0.39 is 30.5 Å². The zero-order valence-electron chi connectivity index (χ0n) is 14.7. The molecular formula is C19H22N4O4. The Morgan fingerprint density at radius 3 is 2.11 bits per heavy atom. The molecule has 8 nitrogen and oxygen atoms in total. The van der Waals surface area contributed by atoms with Gasteiger partial charge in [0.1, 0.15) is 13.2 Å². The van der Waals surface area contributed by atoms with E-state index in [1.54, 1.807) is 12.1 Å². The number of benzene rings is 2. The maximum absolute atomic E-state index is 12.2. The summed E-state index contributed by atoms with van der Waals surface area (Å²) in [6.45, 7) is -0.415. The molecule has 0 aliphatic carbocycles. The largest absolute Gasteiger partial charge is 0.445 e.